The van der Waals surface area contributed by atoms with Crippen molar-refractivity contribution in [2.45, 2.75) is 26.7 Å². The van der Waals surface area contributed by atoms with Crippen LogP contribution < -0.4 is 20.2 Å². The number of phenolic OH excluding ortho intramolecular Hbond substituents is 1. The summed E-state index contributed by atoms with van der Waals surface area (Å²) in [4.78, 5) is 24.6. The number of amides is 2. The molecule has 3 aromatic carbocycles. The third-order valence-corrected chi connectivity index (χ3v) is 5.01. The third kappa shape index (κ3) is 7.07. The molecule has 0 aliphatic heterocycles. The van der Waals surface area contributed by atoms with E-state index in [0.29, 0.717) is 23.7 Å². The second-order valence-corrected chi connectivity index (χ2v) is 7.93. The van der Waals surface area contributed by atoms with Gasteiger partial charge in [-0.15, -0.1) is 0 Å². The average molecular weight is 476 g/mol. The summed E-state index contributed by atoms with van der Waals surface area (Å²) >= 11 is 0. The van der Waals surface area contributed by atoms with Crippen LogP contribution in [0.4, 0.5) is 5.69 Å². The molecule has 3 rings (SSSR count). The summed E-state index contributed by atoms with van der Waals surface area (Å²) in [6, 6.07) is 19.0. The van der Waals surface area contributed by atoms with Gasteiger partial charge in [0.05, 0.1) is 18.4 Å². The third-order valence-electron chi connectivity index (χ3n) is 5.01. The Morgan fingerprint density at radius 3 is 2.49 bits per heavy atom. The molecule has 0 radical (unpaired) electrons. The monoisotopic (exact) mass is 475 g/mol. The highest BCUT2D eigenvalue weighted by atomic mass is 16.5. The van der Waals surface area contributed by atoms with Gasteiger partial charge in [0.1, 0.15) is 5.75 Å². The highest BCUT2D eigenvalue weighted by Gasteiger charge is 2.12. The Morgan fingerprint density at radius 1 is 1.00 bits per heavy atom. The predicted molar refractivity (Wildman–Crippen MR) is 135 cm³/mol. The summed E-state index contributed by atoms with van der Waals surface area (Å²) in [6.45, 7) is 6.19. The molecule has 0 saturated carbocycles. The zero-order valence-corrected chi connectivity index (χ0v) is 19.9. The van der Waals surface area contributed by atoms with E-state index in [1.165, 1.54) is 18.3 Å². The number of aromatic hydroxyl groups is 1. The quantitative estimate of drug-likeness (QED) is 0.291. The minimum Gasteiger partial charge on any atom is -0.507 e. The lowest BCUT2D eigenvalue weighted by Gasteiger charge is -2.15. The lowest BCUT2D eigenvalue weighted by Crippen LogP contribution is -2.21. The molecular weight excluding hydrogens is 446 g/mol. The Hall–Kier alpha value is -4.33. The first-order chi connectivity index (χ1) is 16.9. The fourth-order valence-electron chi connectivity index (χ4n) is 3.33. The van der Waals surface area contributed by atoms with Gasteiger partial charge in [0.15, 0.2) is 18.1 Å². The van der Waals surface area contributed by atoms with Crippen LogP contribution in [0.15, 0.2) is 71.8 Å². The lowest BCUT2D eigenvalue weighted by atomic mass is 10.0. The summed E-state index contributed by atoms with van der Waals surface area (Å²) in [6.07, 6.45) is 1.44. The Labute approximate surface area is 204 Å². The van der Waals surface area contributed by atoms with E-state index in [1.807, 2.05) is 31.2 Å². The second kappa shape index (κ2) is 12.2. The molecule has 0 fully saturated rings. The molecule has 0 saturated heterocycles. The van der Waals surface area contributed by atoms with Gasteiger partial charge in [-0.25, -0.2) is 5.43 Å². The van der Waals surface area contributed by atoms with Crippen molar-refractivity contribution < 1.29 is 24.2 Å². The number of hydrazone groups is 1. The highest BCUT2D eigenvalue weighted by molar-refractivity contribution is 5.97. The van der Waals surface area contributed by atoms with E-state index < -0.39 is 5.91 Å². The molecule has 0 spiro atoms. The zero-order chi connectivity index (χ0) is 25.2. The molecule has 3 aromatic rings. The van der Waals surface area contributed by atoms with E-state index in [4.69, 9.17) is 9.47 Å². The number of hydrogen-bond donors (Lipinski definition) is 3. The maximum absolute atomic E-state index is 12.5. The van der Waals surface area contributed by atoms with Gasteiger partial charge in [-0.1, -0.05) is 44.2 Å². The first-order valence-electron chi connectivity index (χ1n) is 11.3. The number of ether oxygens (including phenoxy) is 2. The number of benzene rings is 3. The van der Waals surface area contributed by atoms with Crippen molar-refractivity contribution in [3.63, 3.8) is 0 Å². The molecule has 0 bridgehead atoms. The topological polar surface area (TPSA) is 109 Å². The number of carbonyl (C=O) groups is 2. The van der Waals surface area contributed by atoms with Crippen molar-refractivity contribution in [1.29, 1.82) is 0 Å². The normalized spacial score (nSPS) is 10.9. The maximum Gasteiger partial charge on any atom is 0.275 e. The van der Waals surface area contributed by atoms with Gasteiger partial charge in [0, 0.05) is 5.69 Å². The molecule has 0 aliphatic carbocycles. The highest BCUT2D eigenvalue weighted by Crippen LogP contribution is 2.28. The van der Waals surface area contributed by atoms with Crippen molar-refractivity contribution >= 4 is 23.7 Å². The summed E-state index contributed by atoms with van der Waals surface area (Å²) in [7, 11) is 0. The fourth-order valence-corrected chi connectivity index (χ4v) is 3.33. The van der Waals surface area contributed by atoms with Gasteiger partial charge in [-0.05, 0) is 60.4 Å². The number of carbonyl (C=O) groups excluding carboxylic acids is 2. The van der Waals surface area contributed by atoms with E-state index in [0.717, 1.165) is 11.3 Å². The minimum atomic E-state index is -0.533. The van der Waals surface area contributed by atoms with Gasteiger partial charge in [0.2, 0.25) is 0 Å². The summed E-state index contributed by atoms with van der Waals surface area (Å²) < 4.78 is 11.4. The molecule has 0 unspecified atom stereocenters. The minimum absolute atomic E-state index is 0.123. The molecule has 0 atom stereocenters. The summed E-state index contributed by atoms with van der Waals surface area (Å²) in [5, 5.41) is 16.6. The van der Waals surface area contributed by atoms with Crippen LogP contribution in [0.1, 0.15) is 48.2 Å². The number of nitrogens with one attached hydrogen (secondary N) is 2. The second-order valence-electron chi connectivity index (χ2n) is 7.93. The van der Waals surface area contributed by atoms with Crippen molar-refractivity contribution in [2.75, 3.05) is 18.5 Å². The molecular formula is C27H29N3O5. The van der Waals surface area contributed by atoms with Gasteiger partial charge >= 0.3 is 0 Å². The number of anilines is 1. The summed E-state index contributed by atoms with van der Waals surface area (Å²) in [5.74, 6) is 0.187. The summed E-state index contributed by atoms with van der Waals surface area (Å²) in [5.41, 5.74) is 4.96. The van der Waals surface area contributed by atoms with E-state index >= 15 is 0 Å². The molecule has 8 nitrogen and oxygen atoms in total. The number of hydrogen-bond acceptors (Lipinski definition) is 6. The first-order valence-corrected chi connectivity index (χ1v) is 11.3. The van der Waals surface area contributed by atoms with Crippen molar-refractivity contribution in [1.82, 2.24) is 5.43 Å². The average Bonchev–Trinajstić information content (AvgIpc) is 2.84. The lowest BCUT2D eigenvalue weighted by molar-refractivity contribution is -0.118. The number of para-hydroxylation sites is 2. The molecule has 0 heterocycles. The number of rotatable bonds is 10. The number of phenols is 1. The molecule has 182 valence electrons. The van der Waals surface area contributed by atoms with E-state index in [9.17, 15) is 14.7 Å². The van der Waals surface area contributed by atoms with Crippen LogP contribution in [-0.2, 0) is 4.79 Å². The Morgan fingerprint density at radius 2 is 1.74 bits per heavy atom. The zero-order valence-electron chi connectivity index (χ0n) is 19.9. The van der Waals surface area contributed by atoms with Crippen LogP contribution in [-0.4, -0.2) is 36.3 Å². The van der Waals surface area contributed by atoms with Crippen LogP contribution in [0.5, 0.6) is 17.2 Å². The van der Waals surface area contributed by atoms with E-state index in [-0.39, 0.29) is 29.7 Å². The largest absolute Gasteiger partial charge is 0.507 e. The van der Waals surface area contributed by atoms with Crippen molar-refractivity contribution in [2.24, 2.45) is 5.10 Å². The molecule has 35 heavy (non-hydrogen) atoms. The van der Waals surface area contributed by atoms with E-state index in [1.54, 1.807) is 30.3 Å². The van der Waals surface area contributed by atoms with Gasteiger partial charge in [0.25, 0.3) is 11.8 Å². The molecule has 3 N–H and O–H groups in total. The maximum atomic E-state index is 12.5. The fraction of sp³-hybridized carbons (Fsp3) is 0.222. The van der Waals surface area contributed by atoms with Gasteiger partial charge in [-0.2, -0.15) is 5.10 Å². The number of nitrogens with zero attached hydrogens (tertiary/aromatic N) is 1. The Balaban J connectivity index is 1.63. The predicted octanol–water partition coefficient (Wildman–Crippen LogP) is 4.70. The van der Waals surface area contributed by atoms with Gasteiger partial charge < -0.3 is 19.9 Å². The van der Waals surface area contributed by atoms with Crippen LogP contribution >= 0.6 is 0 Å². The van der Waals surface area contributed by atoms with Gasteiger partial charge in [-0.3, -0.25) is 9.59 Å². The first kappa shape index (κ1) is 25.3. The SMILES string of the molecule is CCOc1cc(C=NNC(=O)c2ccccc2O)ccc1OCC(=O)Nc1ccccc1C(C)C. The molecule has 0 aromatic heterocycles. The van der Waals surface area contributed by atoms with Crippen LogP contribution in [0.3, 0.4) is 0 Å². The van der Waals surface area contributed by atoms with Crippen molar-refractivity contribution in [3.8, 4) is 17.2 Å². The van der Waals surface area contributed by atoms with Crippen LogP contribution in [0, 0.1) is 0 Å². The molecule has 8 heteroatoms. The Bertz CT molecular complexity index is 1210. The Kier molecular flexibility index (Phi) is 8.83. The van der Waals surface area contributed by atoms with Crippen molar-refractivity contribution in [3.05, 3.63) is 83.4 Å². The smallest absolute Gasteiger partial charge is 0.275 e. The van der Waals surface area contributed by atoms with E-state index in [2.05, 4.69) is 29.7 Å². The van der Waals surface area contributed by atoms with Crippen LogP contribution in [0.2, 0.25) is 0 Å². The molecule has 0 aliphatic rings. The molecule has 2 amide bonds. The standard InChI is InChI=1S/C27H29N3O5/c1-4-34-25-15-19(16-28-30-27(33)21-10-6-8-12-23(21)31)13-14-24(25)35-17-26(32)29-22-11-7-5-9-20(22)18(2)3/h5-16,18,31H,4,17H2,1-3H3,(H,29,32)(H,30,33). The van der Waals surface area contributed by atoms with Crippen LogP contribution in [0.25, 0.3) is 0 Å².